The van der Waals surface area contributed by atoms with Crippen molar-refractivity contribution in [1.82, 2.24) is 10.3 Å². The predicted octanol–water partition coefficient (Wildman–Crippen LogP) is 4.40. The Hall–Kier alpha value is -3.73. The SMILES string of the molecule is Cc1cc(C)c2oc(-c3ccc(C(=O)NCc4ccncc4)cc3)cc(=O)c2c1. The molecule has 4 aromatic rings. The molecule has 4 rings (SSSR count). The van der Waals surface area contributed by atoms with Crippen molar-refractivity contribution in [2.75, 3.05) is 0 Å². The maximum atomic E-state index is 12.5. The van der Waals surface area contributed by atoms with Crippen LogP contribution in [0.3, 0.4) is 0 Å². The number of aryl methyl sites for hydroxylation is 2. The number of benzene rings is 2. The van der Waals surface area contributed by atoms with Gasteiger partial charge in [0, 0.05) is 36.1 Å². The Kier molecular flexibility index (Phi) is 4.96. The maximum absolute atomic E-state index is 12.5. The van der Waals surface area contributed by atoms with Crippen molar-refractivity contribution in [1.29, 1.82) is 0 Å². The zero-order chi connectivity index (χ0) is 20.4. The third-order valence-corrected chi connectivity index (χ3v) is 4.79. The summed E-state index contributed by atoms with van der Waals surface area (Å²) in [5.41, 5.74) is 4.73. The molecule has 0 bridgehead atoms. The van der Waals surface area contributed by atoms with Crippen LogP contribution in [0.5, 0.6) is 0 Å². The van der Waals surface area contributed by atoms with E-state index in [0.29, 0.717) is 28.8 Å². The van der Waals surface area contributed by atoms with Crippen molar-refractivity contribution in [3.63, 3.8) is 0 Å². The summed E-state index contributed by atoms with van der Waals surface area (Å²) in [7, 11) is 0. The van der Waals surface area contributed by atoms with E-state index in [2.05, 4.69) is 10.3 Å². The predicted molar refractivity (Wildman–Crippen MR) is 113 cm³/mol. The Morgan fingerprint density at radius 2 is 1.72 bits per heavy atom. The molecule has 0 aliphatic carbocycles. The number of nitrogens with one attached hydrogen (secondary N) is 1. The van der Waals surface area contributed by atoms with Crippen molar-refractivity contribution < 1.29 is 9.21 Å². The third-order valence-electron chi connectivity index (χ3n) is 4.79. The van der Waals surface area contributed by atoms with Crippen LogP contribution in [0.4, 0.5) is 0 Å². The molecule has 0 aliphatic rings. The van der Waals surface area contributed by atoms with Crippen LogP contribution in [0.25, 0.3) is 22.3 Å². The average molecular weight is 384 g/mol. The van der Waals surface area contributed by atoms with Crippen LogP contribution in [0.1, 0.15) is 27.0 Å². The van der Waals surface area contributed by atoms with Gasteiger partial charge in [0.05, 0.1) is 5.39 Å². The minimum Gasteiger partial charge on any atom is -0.456 e. The Morgan fingerprint density at radius 1 is 1.00 bits per heavy atom. The summed E-state index contributed by atoms with van der Waals surface area (Å²) in [6.45, 7) is 4.32. The van der Waals surface area contributed by atoms with E-state index >= 15 is 0 Å². The van der Waals surface area contributed by atoms with Gasteiger partial charge in [0.15, 0.2) is 5.43 Å². The fourth-order valence-corrected chi connectivity index (χ4v) is 3.32. The van der Waals surface area contributed by atoms with E-state index in [0.717, 1.165) is 22.3 Å². The van der Waals surface area contributed by atoms with Crippen molar-refractivity contribution in [3.8, 4) is 11.3 Å². The van der Waals surface area contributed by atoms with E-state index in [1.807, 2.05) is 38.1 Å². The second-order valence-corrected chi connectivity index (χ2v) is 7.05. The Labute approximate surface area is 168 Å². The molecule has 0 unspecified atom stereocenters. The van der Waals surface area contributed by atoms with Gasteiger partial charge < -0.3 is 9.73 Å². The molecule has 5 nitrogen and oxygen atoms in total. The van der Waals surface area contributed by atoms with Crippen molar-refractivity contribution in [2.45, 2.75) is 20.4 Å². The minimum atomic E-state index is -0.167. The first-order chi connectivity index (χ1) is 14.0. The van der Waals surface area contributed by atoms with Crippen LogP contribution < -0.4 is 10.7 Å². The first-order valence-electron chi connectivity index (χ1n) is 9.34. The van der Waals surface area contributed by atoms with Gasteiger partial charge >= 0.3 is 0 Å². The molecule has 2 aromatic carbocycles. The molecule has 5 heteroatoms. The number of aromatic nitrogens is 1. The van der Waals surface area contributed by atoms with E-state index in [4.69, 9.17) is 4.42 Å². The van der Waals surface area contributed by atoms with Crippen molar-refractivity contribution in [3.05, 3.63) is 99.5 Å². The first kappa shape index (κ1) is 18.6. The molecule has 0 fully saturated rings. The highest BCUT2D eigenvalue weighted by molar-refractivity contribution is 5.94. The van der Waals surface area contributed by atoms with E-state index in [9.17, 15) is 9.59 Å². The second-order valence-electron chi connectivity index (χ2n) is 7.05. The van der Waals surface area contributed by atoms with E-state index in [1.54, 1.807) is 36.7 Å². The van der Waals surface area contributed by atoms with Crippen LogP contribution in [-0.4, -0.2) is 10.9 Å². The van der Waals surface area contributed by atoms with Gasteiger partial charge in [-0.3, -0.25) is 14.6 Å². The summed E-state index contributed by atoms with van der Waals surface area (Å²) < 4.78 is 6.01. The lowest BCUT2D eigenvalue weighted by Crippen LogP contribution is -2.22. The van der Waals surface area contributed by atoms with E-state index in [-0.39, 0.29) is 11.3 Å². The molecule has 1 N–H and O–H groups in total. The number of hydrogen-bond acceptors (Lipinski definition) is 4. The number of rotatable bonds is 4. The molecule has 0 saturated heterocycles. The second kappa shape index (κ2) is 7.72. The molecule has 0 spiro atoms. The van der Waals surface area contributed by atoms with Crippen LogP contribution >= 0.6 is 0 Å². The lowest BCUT2D eigenvalue weighted by molar-refractivity contribution is 0.0951. The average Bonchev–Trinajstić information content (AvgIpc) is 2.73. The normalized spacial score (nSPS) is 10.8. The summed E-state index contributed by atoms with van der Waals surface area (Å²) in [6.07, 6.45) is 3.38. The van der Waals surface area contributed by atoms with E-state index < -0.39 is 0 Å². The van der Waals surface area contributed by atoms with E-state index in [1.165, 1.54) is 6.07 Å². The summed E-state index contributed by atoms with van der Waals surface area (Å²) in [6, 6.07) is 16.1. The van der Waals surface area contributed by atoms with Crippen LogP contribution in [-0.2, 0) is 6.54 Å². The Bertz CT molecular complexity index is 1240. The number of fused-ring (bicyclic) bond motifs is 1. The standard InChI is InChI=1S/C24H20N2O3/c1-15-11-16(2)23-20(12-15)21(27)13-22(29-23)18-3-5-19(6-4-18)24(28)26-14-17-7-9-25-10-8-17/h3-13H,14H2,1-2H3,(H,26,28). The molecule has 144 valence electrons. The van der Waals surface area contributed by atoms with Crippen LogP contribution in [0.2, 0.25) is 0 Å². The van der Waals surface area contributed by atoms with Crippen LogP contribution in [0, 0.1) is 13.8 Å². The third kappa shape index (κ3) is 3.94. The fourth-order valence-electron chi connectivity index (χ4n) is 3.32. The highest BCUT2D eigenvalue weighted by Crippen LogP contribution is 2.25. The van der Waals surface area contributed by atoms with Gasteiger partial charge in [-0.2, -0.15) is 0 Å². The van der Waals surface area contributed by atoms with Gasteiger partial charge in [-0.05, 0) is 60.9 Å². The molecular weight excluding hydrogens is 364 g/mol. The molecule has 29 heavy (non-hydrogen) atoms. The molecular formula is C24H20N2O3. The minimum absolute atomic E-state index is 0.0766. The monoisotopic (exact) mass is 384 g/mol. The van der Waals surface area contributed by atoms with Gasteiger partial charge in [0.1, 0.15) is 11.3 Å². The topological polar surface area (TPSA) is 72.2 Å². The Morgan fingerprint density at radius 3 is 2.45 bits per heavy atom. The molecule has 0 radical (unpaired) electrons. The summed E-state index contributed by atoms with van der Waals surface area (Å²) >= 11 is 0. The van der Waals surface area contributed by atoms with Gasteiger partial charge in [0.25, 0.3) is 5.91 Å². The zero-order valence-electron chi connectivity index (χ0n) is 16.2. The number of hydrogen-bond donors (Lipinski definition) is 1. The quantitative estimate of drug-likeness (QED) is 0.566. The van der Waals surface area contributed by atoms with Crippen LogP contribution in [0.15, 0.2) is 76.2 Å². The summed E-state index contributed by atoms with van der Waals surface area (Å²) in [5.74, 6) is 0.317. The molecule has 1 amide bonds. The van der Waals surface area contributed by atoms with Crippen molar-refractivity contribution >= 4 is 16.9 Å². The number of carbonyl (C=O) groups excluding carboxylic acids is 1. The molecule has 2 aromatic heterocycles. The summed E-state index contributed by atoms with van der Waals surface area (Å²) in [4.78, 5) is 28.9. The van der Waals surface area contributed by atoms with Crippen molar-refractivity contribution in [2.24, 2.45) is 0 Å². The summed E-state index contributed by atoms with van der Waals surface area (Å²) in [5, 5.41) is 3.46. The Balaban J connectivity index is 1.58. The van der Waals surface area contributed by atoms with Gasteiger partial charge in [0.2, 0.25) is 0 Å². The molecule has 0 atom stereocenters. The molecule has 0 aliphatic heterocycles. The largest absolute Gasteiger partial charge is 0.456 e. The molecule has 2 heterocycles. The number of nitrogens with zero attached hydrogens (tertiary/aromatic N) is 1. The van der Waals surface area contributed by atoms with Gasteiger partial charge in [-0.25, -0.2) is 0 Å². The number of carbonyl (C=O) groups is 1. The zero-order valence-corrected chi connectivity index (χ0v) is 16.2. The lowest BCUT2D eigenvalue weighted by atomic mass is 10.1. The first-order valence-corrected chi connectivity index (χ1v) is 9.34. The lowest BCUT2D eigenvalue weighted by Gasteiger charge is -2.08. The van der Waals surface area contributed by atoms with Gasteiger partial charge in [-0.1, -0.05) is 18.2 Å². The number of amides is 1. The maximum Gasteiger partial charge on any atom is 0.251 e. The smallest absolute Gasteiger partial charge is 0.251 e. The number of pyridine rings is 1. The van der Waals surface area contributed by atoms with Gasteiger partial charge in [-0.15, -0.1) is 0 Å². The highest BCUT2D eigenvalue weighted by Gasteiger charge is 2.11. The molecule has 0 saturated carbocycles. The fraction of sp³-hybridized carbons (Fsp3) is 0.125. The highest BCUT2D eigenvalue weighted by atomic mass is 16.3.